The van der Waals surface area contributed by atoms with Crippen molar-refractivity contribution in [3.63, 3.8) is 0 Å². The number of aliphatic hydroxyl groups is 2. The highest BCUT2D eigenvalue weighted by molar-refractivity contribution is 5.25. The van der Waals surface area contributed by atoms with E-state index < -0.39 is 0 Å². The largest absolute Gasteiger partial charge is 0.393 e. The summed E-state index contributed by atoms with van der Waals surface area (Å²) in [5.74, 6) is 3.94. The minimum absolute atomic E-state index is 0.115. The van der Waals surface area contributed by atoms with E-state index in [0.29, 0.717) is 28.6 Å². The topological polar surface area (TPSA) is 40.5 Å². The smallest absolute Gasteiger partial charge is 0.0605 e. The van der Waals surface area contributed by atoms with Gasteiger partial charge < -0.3 is 10.2 Å². The molecular formula is C29H48O2. The third-order valence-corrected chi connectivity index (χ3v) is 11.0. The average Bonchev–Trinajstić information content (AvgIpc) is 3.08. The Balaban J connectivity index is 1.52. The van der Waals surface area contributed by atoms with E-state index in [9.17, 15) is 10.2 Å². The number of allylic oxidation sites excluding steroid dienone is 2. The summed E-state index contributed by atoms with van der Waals surface area (Å²) in [6, 6.07) is 0. The second-order valence-corrected chi connectivity index (χ2v) is 12.5. The van der Waals surface area contributed by atoms with Crippen LogP contribution >= 0.6 is 0 Å². The highest BCUT2D eigenvalue weighted by Crippen LogP contribution is 2.67. The molecule has 9 unspecified atom stereocenters. The van der Waals surface area contributed by atoms with Gasteiger partial charge in [-0.3, -0.25) is 0 Å². The maximum atomic E-state index is 11.2. The zero-order valence-corrected chi connectivity index (χ0v) is 21.0. The van der Waals surface area contributed by atoms with Crippen LogP contribution < -0.4 is 0 Å². The fourth-order valence-electron chi connectivity index (χ4n) is 8.93. The van der Waals surface area contributed by atoms with Gasteiger partial charge in [0.15, 0.2) is 0 Å². The monoisotopic (exact) mass is 428 g/mol. The first-order chi connectivity index (χ1) is 14.6. The molecule has 2 heteroatoms. The van der Waals surface area contributed by atoms with E-state index in [1.165, 1.54) is 44.1 Å². The minimum Gasteiger partial charge on any atom is -0.393 e. The van der Waals surface area contributed by atoms with Crippen LogP contribution in [0.3, 0.4) is 0 Å². The minimum atomic E-state index is -0.220. The van der Waals surface area contributed by atoms with E-state index in [-0.39, 0.29) is 12.2 Å². The van der Waals surface area contributed by atoms with Gasteiger partial charge in [0.25, 0.3) is 0 Å². The Morgan fingerprint density at radius 1 is 1.10 bits per heavy atom. The highest BCUT2D eigenvalue weighted by Gasteiger charge is 2.59. The Labute approximate surface area is 191 Å². The Kier molecular flexibility index (Phi) is 6.56. The van der Waals surface area contributed by atoms with Gasteiger partial charge in [-0.2, -0.15) is 0 Å². The number of hydrogen-bond acceptors (Lipinski definition) is 2. The predicted octanol–water partition coefficient (Wildman–Crippen LogP) is 6.92. The van der Waals surface area contributed by atoms with Gasteiger partial charge in [0.2, 0.25) is 0 Å². The molecule has 0 aromatic carbocycles. The van der Waals surface area contributed by atoms with Gasteiger partial charge in [-0.1, -0.05) is 57.9 Å². The van der Waals surface area contributed by atoms with E-state index in [4.69, 9.17) is 0 Å². The molecule has 0 aromatic heterocycles. The van der Waals surface area contributed by atoms with Gasteiger partial charge in [-0.05, 0) is 111 Å². The van der Waals surface area contributed by atoms with Crippen LogP contribution in [0.25, 0.3) is 0 Å². The fraction of sp³-hybridized carbons (Fsp3) is 0.862. The van der Waals surface area contributed by atoms with E-state index in [1.807, 2.05) is 0 Å². The molecule has 0 aromatic rings. The maximum Gasteiger partial charge on any atom is 0.0605 e. The first-order valence-electron chi connectivity index (χ1n) is 13.3. The molecule has 0 heterocycles. The van der Waals surface area contributed by atoms with Crippen LogP contribution in [0, 0.1) is 46.3 Å². The molecule has 0 radical (unpaired) electrons. The number of fused-ring (bicyclic) bond motifs is 5. The predicted molar refractivity (Wildman–Crippen MR) is 130 cm³/mol. The Morgan fingerprint density at radius 2 is 1.84 bits per heavy atom. The summed E-state index contributed by atoms with van der Waals surface area (Å²) in [4.78, 5) is 0. The summed E-state index contributed by atoms with van der Waals surface area (Å²) in [6.07, 6.45) is 14.9. The lowest BCUT2D eigenvalue weighted by Gasteiger charge is -2.58. The summed E-state index contributed by atoms with van der Waals surface area (Å²) >= 11 is 0. The molecule has 3 saturated carbocycles. The molecular weight excluding hydrogens is 380 g/mol. The van der Waals surface area contributed by atoms with Crippen molar-refractivity contribution in [2.24, 2.45) is 46.3 Å². The van der Waals surface area contributed by atoms with Gasteiger partial charge >= 0.3 is 0 Å². The molecule has 9 atom stereocenters. The zero-order valence-electron chi connectivity index (χ0n) is 21.0. The lowest BCUT2D eigenvalue weighted by Crippen LogP contribution is -2.51. The molecule has 4 aliphatic carbocycles. The van der Waals surface area contributed by atoms with Crippen LogP contribution in [-0.2, 0) is 0 Å². The van der Waals surface area contributed by atoms with E-state index in [0.717, 1.165) is 37.0 Å². The summed E-state index contributed by atoms with van der Waals surface area (Å²) in [5, 5.41) is 21.5. The van der Waals surface area contributed by atoms with Crippen LogP contribution in [0.15, 0.2) is 23.3 Å². The van der Waals surface area contributed by atoms with E-state index >= 15 is 0 Å². The third kappa shape index (κ3) is 3.88. The average molecular weight is 429 g/mol. The maximum absolute atomic E-state index is 11.2. The lowest BCUT2D eigenvalue weighted by atomic mass is 9.47. The summed E-state index contributed by atoms with van der Waals surface area (Å²) in [6.45, 7) is 14.1. The standard InChI is InChI=1S/C29H48O2/c1-7-20(18(2)3)16-27(31)19(4)24-10-11-25-23-9-8-21-17-22(30)12-14-28(21,5)26(23)13-15-29(24,25)6/h7-8,18-19,22-27,30-31H,9-17H2,1-6H3. The van der Waals surface area contributed by atoms with Crippen molar-refractivity contribution >= 4 is 0 Å². The van der Waals surface area contributed by atoms with Crippen LogP contribution in [0.1, 0.15) is 99.3 Å². The molecule has 2 N–H and O–H groups in total. The number of aliphatic hydroxyl groups excluding tert-OH is 2. The van der Waals surface area contributed by atoms with Gasteiger partial charge in [-0.15, -0.1) is 0 Å². The Morgan fingerprint density at radius 3 is 2.52 bits per heavy atom. The van der Waals surface area contributed by atoms with Crippen molar-refractivity contribution in [1.29, 1.82) is 0 Å². The zero-order chi connectivity index (χ0) is 22.6. The fourth-order valence-corrected chi connectivity index (χ4v) is 8.93. The van der Waals surface area contributed by atoms with Gasteiger partial charge in [0.1, 0.15) is 0 Å². The normalized spacial score (nSPS) is 44.9. The molecule has 3 fully saturated rings. The lowest BCUT2D eigenvalue weighted by molar-refractivity contribution is -0.0672. The van der Waals surface area contributed by atoms with Crippen LogP contribution in [0.5, 0.6) is 0 Å². The Bertz CT molecular complexity index is 720. The van der Waals surface area contributed by atoms with Gasteiger partial charge in [0, 0.05) is 0 Å². The first kappa shape index (κ1) is 23.6. The molecule has 0 aliphatic heterocycles. The second-order valence-electron chi connectivity index (χ2n) is 12.5. The van der Waals surface area contributed by atoms with Crippen molar-refractivity contribution in [2.75, 3.05) is 0 Å². The number of hydrogen-bond donors (Lipinski definition) is 2. The van der Waals surface area contributed by atoms with E-state index in [1.54, 1.807) is 5.57 Å². The molecule has 0 saturated heterocycles. The summed E-state index contributed by atoms with van der Waals surface area (Å²) in [7, 11) is 0. The number of rotatable bonds is 5. The molecule has 0 spiro atoms. The van der Waals surface area contributed by atoms with Crippen molar-refractivity contribution < 1.29 is 10.2 Å². The quantitative estimate of drug-likeness (QED) is 0.467. The van der Waals surface area contributed by atoms with Crippen molar-refractivity contribution in [1.82, 2.24) is 0 Å². The van der Waals surface area contributed by atoms with Crippen molar-refractivity contribution in [3.8, 4) is 0 Å². The SMILES string of the molecule is CC=C(CC(O)C(C)C1CCC2C3CC=C4CC(O)CCC4(C)C3CCC12C)C(C)C. The second kappa shape index (κ2) is 8.64. The summed E-state index contributed by atoms with van der Waals surface area (Å²) < 4.78 is 0. The van der Waals surface area contributed by atoms with Crippen LogP contribution in [-0.4, -0.2) is 22.4 Å². The molecule has 4 aliphatic rings. The van der Waals surface area contributed by atoms with Crippen molar-refractivity contribution in [3.05, 3.63) is 23.3 Å². The van der Waals surface area contributed by atoms with Gasteiger partial charge in [0.05, 0.1) is 12.2 Å². The summed E-state index contributed by atoms with van der Waals surface area (Å²) in [5.41, 5.74) is 3.68. The van der Waals surface area contributed by atoms with Gasteiger partial charge in [-0.25, -0.2) is 0 Å². The molecule has 176 valence electrons. The van der Waals surface area contributed by atoms with Crippen LogP contribution in [0.2, 0.25) is 0 Å². The first-order valence-corrected chi connectivity index (χ1v) is 13.3. The van der Waals surface area contributed by atoms with Crippen LogP contribution in [0.4, 0.5) is 0 Å². The highest BCUT2D eigenvalue weighted by atomic mass is 16.3. The Hall–Kier alpha value is -0.600. The molecule has 0 bridgehead atoms. The van der Waals surface area contributed by atoms with E-state index in [2.05, 4.69) is 53.7 Å². The van der Waals surface area contributed by atoms with Crippen molar-refractivity contribution in [2.45, 2.75) is 112 Å². The molecule has 4 rings (SSSR count). The molecule has 2 nitrogen and oxygen atoms in total. The molecule has 31 heavy (non-hydrogen) atoms. The molecule has 0 amide bonds. The third-order valence-electron chi connectivity index (χ3n) is 11.0.